The van der Waals surface area contributed by atoms with Gasteiger partial charge >= 0.3 is 0 Å². The first-order valence-electron chi connectivity index (χ1n) is 6.38. The molecule has 0 radical (unpaired) electrons. The molecule has 3 heteroatoms. The molecule has 1 heterocycles. The van der Waals surface area contributed by atoms with E-state index in [1.165, 1.54) is 12.8 Å². The van der Waals surface area contributed by atoms with E-state index >= 15 is 0 Å². The molecule has 0 spiro atoms. The van der Waals surface area contributed by atoms with Gasteiger partial charge in [-0.2, -0.15) is 0 Å². The Morgan fingerprint density at radius 1 is 1.22 bits per heavy atom. The molecule has 0 amide bonds. The second-order valence-electron chi connectivity index (χ2n) is 5.45. The van der Waals surface area contributed by atoms with E-state index in [1.54, 1.807) is 0 Å². The number of likely N-dealkylation sites (tertiary alicyclic amines) is 1. The number of carbonyl (C=O) groups excluding carboxylic acids is 1. The third-order valence-corrected chi connectivity index (χ3v) is 3.73. The van der Waals surface area contributed by atoms with Crippen LogP contribution in [-0.2, 0) is 0 Å². The van der Waals surface area contributed by atoms with E-state index < -0.39 is 0 Å². The van der Waals surface area contributed by atoms with Gasteiger partial charge in [0.25, 0.3) is 0 Å². The molecule has 0 aliphatic carbocycles. The SMILES string of the molecule is Cc1cccc(C(=O)C(C)(C)N2CCCC2)c1.Cl. The Morgan fingerprint density at radius 3 is 2.39 bits per heavy atom. The smallest absolute Gasteiger partial charge is 0.182 e. The molecule has 1 fully saturated rings. The standard InChI is InChI=1S/C15H21NO.ClH/c1-12-7-6-8-13(11-12)14(17)15(2,3)16-9-4-5-10-16;/h6-8,11H,4-5,9-10H2,1-3H3;1H. The summed E-state index contributed by atoms with van der Waals surface area (Å²) in [6.07, 6.45) is 2.43. The number of benzene rings is 1. The zero-order chi connectivity index (χ0) is 12.5. The van der Waals surface area contributed by atoms with Gasteiger partial charge in [-0.25, -0.2) is 0 Å². The summed E-state index contributed by atoms with van der Waals surface area (Å²) in [6.45, 7) is 8.21. The summed E-state index contributed by atoms with van der Waals surface area (Å²) in [4.78, 5) is 14.9. The van der Waals surface area contributed by atoms with Gasteiger partial charge in [0.1, 0.15) is 0 Å². The van der Waals surface area contributed by atoms with Crippen LogP contribution in [0, 0.1) is 6.92 Å². The Hall–Kier alpha value is -0.860. The van der Waals surface area contributed by atoms with Crippen molar-refractivity contribution in [3.8, 4) is 0 Å². The first-order chi connectivity index (χ1) is 8.01. The van der Waals surface area contributed by atoms with Crippen LogP contribution >= 0.6 is 12.4 Å². The van der Waals surface area contributed by atoms with Crippen LogP contribution in [0.3, 0.4) is 0 Å². The van der Waals surface area contributed by atoms with Crippen LogP contribution in [0.25, 0.3) is 0 Å². The quantitative estimate of drug-likeness (QED) is 0.782. The van der Waals surface area contributed by atoms with Crippen molar-refractivity contribution in [1.29, 1.82) is 0 Å². The van der Waals surface area contributed by atoms with Crippen LogP contribution in [0.4, 0.5) is 0 Å². The lowest BCUT2D eigenvalue weighted by Gasteiger charge is -2.34. The van der Waals surface area contributed by atoms with E-state index in [4.69, 9.17) is 0 Å². The first kappa shape index (κ1) is 15.2. The summed E-state index contributed by atoms with van der Waals surface area (Å²) < 4.78 is 0. The van der Waals surface area contributed by atoms with Gasteiger partial charge in [0.05, 0.1) is 5.54 Å². The maximum absolute atomic E-state index is 12.6. The highest BCUT2D eigenvalue weighted by Gasteiger charge is 2.36. The van der Waals surface area contributed by atoms with Crippen molar-refractivity contribution in [1.82, 2.24) is 4.90 Å². The maximum Gasteiger partial charge on any atom is 0.182 e. The number of halogens is 1. The average Bonchev–Trinajstić information content (AvgIpc) is 2.82. The first-order valence-corrected chi connectivity index (χ1v) is 6.38. The number of aryl methyl sites for hydroxylation is 1. The predicted molar refractivity (Wildman–Crippen MR) is 77.6 cm³/mol. The van der Waals surface area contributed by atoms with E-state index in [2.05, 4.69) is 4.90 Å². The van der Waals surface area contributed by atoms with Crippen LogP contribution in [0.5, 0.6) is 0 Å². The summed E-state index contributed by atoms with van der Waals surface area (Å²) in [6, 6.07) is 7.90. The highest BCUT2D eigenvalue weighted by molar-refractivity contribution is 6.02. The maximum atomic E-state index is 12.6. The van der Waals surface area contributed by atoms with Crippen molar-refractivity contribution >= 4 is 18.2 Å². The van der Waals surface area contributed by atoms with Gasteiger partial charge in [-0.3, -0.25) is 9.69 Å². The summed E-state index contributed by atoms with van der Waals surface area (Å²) in [7, 11) is 0. The van der Waals surface area contributed by atoms with Crippen LogP contribution in [0.1, 0.15) is 42.6 Å². The number of Topliss-reactive ketones (excluding diaryl/α,β-unsaturated/α-hetero) is 1. The number of hydrogen-bond donors (Lipinski definition) is 0. The Balaban J connectivity index is 0.00000162. The predicted octanol–water partition coefficient (Wildman–Crippen LogP) is 3.47. The molecular formula is C15H22ClNO. The van der Waals surface area contributed by atoms with Crippen molar-refractivity contribution in [3.05, 3.63) is 35.4 Å². The van der Waals surface area contributed by atoms with Gasteiger partial charge in [-0.05, 0) is 52.8 Å². The molecular weight excluding hydrogens is 246 g/mol. The molecule has 0 N–H and O–H groups in total. The molecule has 1 aromatic rings. The normalized spacial score (nSPS) is 16.4. The van der Waals surface area contributed by atoms with Crippen molar-refractivity contribution in [2.24, 2.45) is 0 Å². The highest BCUT2D eigenvalue weighted by Crippen LogP contribution is 2.25. The molecule has 1 aliphatic heterocycles. The molecule has 2 nitrogen and oxygen atoms in total. The average molecular weight is 268 g/mol. The number of hydrogen-bond acceptors (Lipinski definition) is 2. The van der Waals surface area contributed by atoms with Crippen molar-refractivity contribution in [2.45, 2.75) is 39.2 Å². The summed E-state index contributed by atoms with van der Waals surface area (Å²) in [5.74, 6) is 0.239. The molecule has 2 rings (SSSR count). The summed E-state index contributed by atoms with van der Waals surface area (Å²) in [5.41, 5.74) is 1.61. The summed E-state index contributed by atoms with van der Waals surface area (Å²) >= 11 is 0. The van der Waals surface area contributed by atoms with E-state index in [1.807, 2.05) is 45.0 Å². The zero-order valence-corrected chi connectivity index (χ0v) is 12.2. The molecule has 1 saturated heterocycles. The summed E-state index contributed by atoms with van der Waals surface area (Å²) in [5, 5.41) is 0. The Bertz CT molecular complexity index is 422. The van der Waals surface area contributed by atoms with Gasteiger partial charge in [0.2, 0.25) is 0 Å². The molecule has 0 atom stereocenters. The number of carbonyl (C=O) groups is 1. The highest BCUT2D eigenvalue weighted by atomic mass is 35.5. The zero-order valence-electron chi connectivity index (χ0n) is 11.4. The molecule has 0 aromatic heterocycles. The topological polar surface area (TPSA) is 20.3 Å². The van der Waals surface area contributed by atoms with Crippen molar-refractivity contribution in [3.63, 3.8) is 0 Å². The number of nitrogens with zero attached hydrogens (tertiary/aromatic N) is 1. The van der Waals surface area contributed by atoms with Crippen LogP contribution < -0.4 is 0 Å². The molecule has 0 saturated carbocycles. The molecule has 0 bridgehead atoms. The molecule has 18 heavy (non-hydrogen) atoms. The molecule has 1 aliphatic rings. The van der Waals surface area contributed by atoms with Crippen molar-refractivity contribution < 1.29 is 4.79 Å². The fourth-order valence-electron chi connectivity index (χ4n) is 2.56. The molecule has 100 valence electrons. The van der Waals surface area contributed by atoms with Gasteiger partial charge in [-0.15, -0.1) is 12.4 Å². The van der Waals surface area contributed by atoms with E-state index in [9.17, 15) is 4.79 Å². The van der Waals surface area contributed by atoms with Gasteiger partial charge in [0.15, 0.2) is 5.78 Å². The third-order valence-electron chi connectivity index (χ3n) is 3.73. The third kappa shape index (κ3) is 2.93. The monoisotopic (exact) mass is 267 g/mol. The van der Waals surface area contributed by atoms with Crippen LogP contribution in [-0.4, -0.2) is 29.3 Å². The Morgan fingerprint density at radius 2 is 1.83 bits per heavy atom. The largest absolute Gasteiger partial charge is 0.292 e. The Labute approximate surface area is 116 Å². The minimum absolute atomic E-state index is 0. The lowest BCUT2D eigenvalue weighted by Crippen LogP contribution is -2.48. The fourth-order valence-corrected chi connectivity index (χ4v) is 2.56. The second kappa shape index (κ2) is 5.85. The minimum Gasteiger partial charge on any atom is -0.292 e. The van der Waals surface area contributed by atoms with Crippen LogP contribution in [0.2, 0.25) is 0 Å². The van der Waals surface area contributed by atoms with E-state index in [0.29, 0.717) is 0 Å². The fraction of sp³-hybridized carbons (Fsp3) is 0.533. The van der Waals surface area contributed by atoms with E-state index in [-0.39, 0.29) is 23.7 Å². The minimum atomic E-state index is -0.371. The second-order valence-corrected chi connectivity index (χ2v) is 5.45. The Kier molecular flexibility index (Phi) is 4.94. The van der Waals surface area contributed by atoms with Gasteiger partial charge in [0, 0.05) is 5.56 Å². The lowest BCUT2D eigenvalue weighted by atomic mass is 9.91. The van der Waals surface area contributed by atoms with Gasteiger partial charge in [-0.1, -0.05) is 23.8 Å². The van der Waals surface area contributed by atoms with Gasteiger partial charge < -0.3 is 0 Å². The van der Waals surface area contributed by atoms with Crippen molar-refractivity contribution in [2.75, 3.05) is 13.1 Å². The number of ketones is 1. The lowest BCUT2D eigenvalue weighted by molar-refractivity contribution is 0.0702. The molecule has 1 aromatic carbocycles. The molecule has 0 unspecified atom stereocenters. The van der Waals surface area contributed by atoms with E-state index in [0.717, 1.165) is 24.2 Å². The number of rotatable bonds is 3. The van der Waals surface area contributed by atoms with Crippen LogP contribution in [0.15, 0.2) is 24.3 Å².